The zero-order valence-corrected chi connectivity index (χ0v) is 10.6. The highest BCUT2D eigenvalue weighted by Crippen LogP contribution is 2.06. The van der Waals surface area contributed by atoms with Crippen molar-refractivity contribution in [1.29, 1.82) is 0 Å². The summed E-state index contributed by atoms with van der Waals surface area (Å²) in [5.74, 6) is 0. The minimum atomic E-state index is -0.425. The van der Waals surface area contributed by atoms with Crippen molar-refractivity contribution in [3.05, 3.63) is 60.2 Å². The van der Waals surface area contributed by atoms with Crippen LogP contribution in [0.25, 0.3) is 0 Å². The fraction of sp³-hybridized carbons (Fsp3) is 0.143. The first-order valence-electron chi connectivity index (χ1n) is 5.86. The molecule has 0 fully saturated rings. The van der Waals surface area contributed by atoms with Crippen molar-refractivity contribution in [2.75, 3.05) is 12.6 Å². The van der Waals surface area contributed by atoms with Gasteiger partial charge in [0.25, 0.3) is 0 Å². The molecule has 0 aromatic heterocycles. The van der Waals surface area contributed by atoms with Gasteiger partial charge in [-0.1, -0.05) is 48.0 Å². The normalized spacial score (nSPS) is 10.1. The van der Waals surface area contributed by atoms with E-state index in [2.05, 4.69) is 5.48 Å². The van der Waals surface area contributed by atoms with Gasteiger partial charge in [-0.3, -0.25) is 10.2 Å². The van der Waals surface area contributed by atoms with Gasteiger partial charge in [0.05, 0.1) is 5.69 Å². The van der Waals surface area contributed by atoms with E-state index in [1.54, 1.807) is 7.11 Å². The number of aryl methyl sites for hydroxylation is 1. The second-order valence-corrected chi connectivity index (χ2v) is 4.01. The highest BCUT2D eigenvalue weighted by atomic mass is 16.7. The SMILES string of the molecule is COB(ONc1ccccc1)c1ccccc1C. The summed E-state index contributed by atoms with van der Waals surface area (Å²) in [6, 6.07) is 17.7. The van der Waals surface area contributed by atoms with Crippen molar-refractivity contribution in [2.45, 2.75) is 6.92 Å². The minimum Gasteiger partial charge on any atom is -0.409 e. The third-order valence-corrected chi connectivity index (χ3v) is 2.71. The number of hydrogen-bond donors (Lipinski definition) is 1. The lowest BCUT2D eigenvalue weighted by Crippen LogP contribution is -2.39. The molecule has 0 spiro atoms. The van der Waals surface area contributed by atoms with E-state index in [0.717, 1.165) is 16.7 Å². The molecule has 2 aromatic carbocycles. The summed E-state index contributed by atoms with van der Waals surface area (Å²) in [5.41, 5.74) is 5.95. The Morgan fingerprint density at radius 1 is 0.944 bits per heavy atom. The van der Waals surface area contributed by atoms with E-state index in [9.17, 15) is 0 Å². The first-order valence-corrected chi connectivity index (χ1v) is 5.86. The van der Waals surface area contributed by atoms with Gasteiger partial charge in [0.1, 0.15) is 0 Å². The van der Waals surface area contributed by atoms with E-state index in [1.165, 1.54) is 0 Å². The van der Waals surface area contributed by atoms with Crippen molar-refractivity contribution in [1.82, 2.24) is 0 Å². The molecule has 2 aromatic rings. The Bertz CT molecular complexity index is 490. The van der Waals surface area contributed by atoms with Gasteiger partial charge in [-0.2, -0.15) is 0 Å². The van der Waals surface area contributed by atoms with Crippen LogP contribution in [0.5, 0.6) is 0 Å². The summed E-state index contributed by atoms with van der Waals surface area (Å²) in [6.45, 7) is 2.03. The van der Waals surface area contributed by atoms with Crippen LogP contribution in [0, 0.1) is 6.92 Å². The van der Waals surface area contributed by atoms with Crippen LogP contribution in [0.1, 0.15) is 5.56 Å². The first-order chi connectivity index (χ1) is 8.81. The maximum absolute atomic E-state index is 5.57. The van der Waals surface area contributed by atoms with Crippen LogP contribution in [0.2, 0.25) is 0 Å². The predicted octanol–water partition coefficient (Wildman–Crippen LogP) is 2.38. The molecule has 0 radical (unpaired) electrons. The smallest absolute Gasteiger partial charge is 0.409 e. The number of hydrogen-bond acceptors (Lipinski definition) is 3. The van der Waals surface area contributed by atoms with E-state index in [0.29, 0.717) is 0 Å². The summed E-state index contributed by atoms with van der Waals surface area (Å²) in [4.78, 5) is 0. The summed E-state index contributed by atoms with van der Waals surface area (Å²) in [5, 5.41) is 0. The third kappa shape index (κ3) is 3.12. The van der Waals surface area contributed by atoms with Crippen LogP contribution >= 0.6 is 0 Å². The number of nitrogens with one attached hydrogen (secondary N) is 1. The van der Waals surface area contributed by atoms with Crippen LogP contribution in [-0.2, 0) is 9.41 Å². The molecular weight excluding hydrogens is 225 g/mol. The molecule has 0 bridgehead atoms. The monoisotopic (exact) mass is 241 g/mol. The van der Waals surface area contributed by atoms with E-state index in [4.69, 9.17) is 9.41 Å². The molecule has 0 saturated carbocycles. The average molecular weight is 241 g/mol. The predicted molar refractivity (Wildman–Crippen MR) is 74.7 cm³/mol. The summed E-state index contributed by atoms with van der Waals surface area (Å²) >= 11 is 0. The largest absolute Gasteiger partial charge is 0.516 e. The highest BCUT2D eigenvalue weighted by Gasteiger charge is 2.22. The molecule has 0 heterocycles. The van der Waals surface area contributed by atoms with Crippen molar-refractivity contribution in [3.8, 4) is 0 Å². The molecule has 0 unspecified atom stereocenters. The number of anilines is 1. The number of para-hydroxylation sites is 1. The average Bonchev–Trinajstić information content (AvgIpc) is 2.42. The van der Waals surface area contributed by atoms with Crippen molar-refractivity contribution in [2.24, 2.45) is 0 Å². The quantitative estimate of drug-likeness (QED) is 0.644. The van der Waals surface area contributed by atoms with E-state index in [1.807, 2.05) is 61.5 Å². The zero-order chi connectivity index (χ0) is 12.8. The van der Waals surface area contributed by atoms with Gasteiger partial charge in [0.2, 0.25) is 0 Å². The molecule has 2 rings (SSSR count). The van der Waals surface area contributed by atoms with Gasteiger partial charge in [-0.15, -0.1) is 0 Å². The Labute approximate surface area is 108 Å². The van der Waals surface area contributed by atoms with Crippen LogP contribution < -0.4 is 10.9 Å². The Morgan fingerprint density at radius 3 is 2.28 bits per heavy atom. The molecule has 92 valence electrons. The molecule has 0 aliphatic carbocycles. The maximum atomic E-state index is 5.57. The highest BCUT2D eigenvalue weighted by molar-refractivity contribution is 6.61. The van der Waals surface area contributed by atoms with Gasteiger partial charge in [0.15, 0.2) is 0 Å². The Hall–Kier alpha value is -1.78. The molecule has 3 nitrogen and oxygen atoms in total. The molecule has 0 atom stereocenters. The summed E-state index contributed by atoms with van der Waals surface area (Å²) < 4.78 is 10.9. The van der Waals surface area contributed by atoms with Crippen molar-refractivity contribution < 1.29 is 9.41 Å². The lowest BCUT2D eigenvalue weighted by Gasteiger charge is -2.15. The Kier molecular flexibility index (Phi) is 4.39. The zero-order valence-electron chi connectivity index (χ0n) is 10.6. The van der Waals surface area contributed by atoms with Gasteiger partial charge in [0, 0.05) is 7.11 Å². The second-order valence-electron chi connectivity index (χ2n) is 4.01. The van der Waals surface area contributed by atoms with Crippen LogP contribution in [-0.4, -0.2) is 14.2 Å². The standard InChI is InChI=1S/C14H16BNO2/c1-12-8-6-7-11-14(12)15(17-2)18-16-13-9-4-3-5-10-13/h3-11,16H,1-2H3. The lowest BCUT2D eigenvalue weighted by atomic mass is 9.76. The van der Waals surface area contributed by atoms with Crippen LogP contribution in [0.3, 0.4) is 0 Å². The van der Waals surface area contributed by atoms with Crippen molar-refractivity contribution >= 4 is 18.3 Å². The van der Waals surface area contributed by atoms with Gasteiger partial charge < -0.3 is 4.65 Å². The Morgan fingerprint density at radius 2 is 1.61 bits per heavy atom. The first kappa shape index (κ1) is 12.7. The second kappa shape index (κ2) is 6.24. The van der Waals surface area contributed by atoms with E-state index < -0.39 is 7.12 Å². The molecule has 18 heavy (non-hydrogen) atoms. The molecule has 0 aliphatic heterocycles. The maximum Gasteiger partial charge on any atom is 0.516 e. The molecular formula is C14H16BNO2. The summed E-state index contributed by atoms with van der Waals surface area (Å²) in [6.07, 6.45) is 0. The molecule has 4 heteroatoms. The topological polar surface area (TPSA) is 30.5 Å². The van der Waals surface area contributed by atoms with Gasteiger partial charge in [-0.05, 0) is 24.5 Å². The van der Waals surface area contributed by atoms with Gasteiger partial charge in [-0.25, -0.2) is 0 Å². The Balaban J connectivity index is 2.04. The minimum absolute atomic E-state index is 0.425. The number of rotatable bonds is 5. The van der Waals surface area contributed by atoms with Crippen molar-refractivity contribution in [3.63, 3.8) is 0 Å². The fourth-order valence-electron chi connectivity index (χ4n) is 1.72. The van der Waals surface area contributed by atoms with Gasteiger partial charge >= 0.3 is 7.12 Å². The molecule has 1 N–H and O–H groups in total. The fourth-order valence-corrected chi connectivity index (χ4v) is 1.72. The molecule has 0 amide bonds. The summed E-state index contributed by atoms with van der Waals surface area (Å²) in [7, 11) is 1.20. The lowest BCUT2D eigenvalue weighted by molar-refractivity contribution is 0.288. The van der Waals surface area contributed by atoms with Crippen LogP contribution in [0.15, 0.2) is 54.6 Å². The van der Waals surface area contributed by atoms with Crippen LogP contribution in [0.4, 0.5) is 5.69 Å². The molecule has 0 saturated heterocycles. The van der Waals surface area contributed by atoms with E-state index >= 15 is 0 Å². The van der Waals surface area contributed by atoms with E-state index in [-0.39, 0.29) is 0 Å². The third-order valence-electron chi connectivity index (χ3n) is 2.71. The number of benzene rings is 2. The molecule has 0 aliphatic rings.